The van der Waals surface area contributed by atoms with Crippen LogP contribution in [0.5, 0.6) is 0 Å². The van der Waals surface area contributed by atoms with Crippen LogP contribution in [-0.2, 0) is 4.74 Å². The van der Waals surface area contributed by atoms with Crippen LogP contribution in [0.25, 0.3) is 0 Å². The highest BCUT2D eigenvalue weighted by Gasteiger charge is 2.25. The van der Waals surface area contributed by atoms with Gasteiger partial charge in [0.25, 0.3) is 0 Å². The van der Waals surface area contributed by atoms with E-state index in [1.807, 2.05) is 18.2 Å². The maximum absolute atomic E-state index is 12.2. The average Bonchev–Trinajstić information content (AvgIpc) is 3.15. The second kappa shape index (κ2) is 8.31. The van der Waals surface area contributed by atoms with E-state index >= 15 is 0 Å². The Labute approximate surface area is 147 Å². The summed E-state index contributed by atoms with van der Waals surface area (Å²) in [6.07, 6.45) is 1.74. The molecule has 1 aliphatic rings. The third kappa shape index (κ3) is 4.58. The standard InChI is InChI=1S/C19H24N2O2S/c1-14(16-8-10-24-13-16)12-20-19(22)21-17-7-9-23-18(11-17)15-5-3-2-4-6-15/h2-6,8,10,13-14,17-18H,7,9,11-12H2,1H3,(H2,20,21,22). The van der Waals surface area contributed by atoms with Crippen molar-refractivity contribution < 1.29 is 9.53 Å². The molecule has 24 heavy (non-hydrogen) atoms. The van der Waals surface area contributed by atoms with Gasteiger partial charge in [-0.25, -0.2) is 4.79 Å². The number of ether oxygens (including phenoxy) is 1. The maximum Gasteiger partial charge on any atom is 0.315 e. The molecule has 0 saturated carbocycles. The smallest absolute Gasteiger partial charge is 0.315 e. The van der Waals surface area contributed by atoms with E-state index in [-0.39, 0.29) is 18.2 Å². The van der Waals surface area contributed by atoms with Gasteiger partial charge in [0.1, 0.15) is 0 Å². The van der Waals surface area contributed by atoms with E-state index < -0.39 is 0 Å². The Balaban J connectivity index is 1.46. The Hall–Kier alpha value is -1.85. The molecule has 1 aromatic carbocycles. The molecule has 0 radical (unpaired) electrons. The molecule has 3 atom stereocenters. The van der Waals surface area contributed by atoms with E-state index in [0.717, 1.165) is 12.8 Å². The van der Waals surface area contributed by atoms with Gasteiger partial charge in [-0.2, -0.15) is 11.3 Å². The molecule has 4 nitrogen and oxygen atoms in total. The van der Waals surface area contributed by atoms with Gasteiger partial charge in [-0.15, -0.1) is 0 Å². The summed E-state index contributed by atoms with van der Waals surface area (Å²) >= 11 is 1.69. The molecule has 5 heteroatoms. The van der Waals surface area contributed by atoms with Crippen molar-refractivity contribution in [3.8, 4) is 0 Å². The average molecular weight is 344 g/mol. The highest BCUT2D eigenvalue weighted by molar-refractivity contribution is 7.07. The third-order valence-corrected chi connectivity index (χ3v) is 5.17. The lowest BCUT2D eigenvalue weighted by Crippen LogP contribution is -2.45. The van der Waals surface area contributed by atoms with Gasteiger partial charge in [-0.3, -0.25) is 0 Å². The van der Waals surface area contributed by atoms with Crippen LogP contribution >= 0.6 is 11.3 Å². The molecular formula is C19H24N2O2S. The summed E-state index contributed by atoms with van der Waals surface area (Å²) in [6.45, 7) is 3.45. The summed E-state index contributed by atoms with van der Waals surface area (Å²) in [5.74, 6) is 0.328. The zero-order valence-corrected chi connectivity index (χ0v) is 14.7. The summed E-state index contributed by atoms with van der Waals surface area (Å²) in [7, 11) is 0. The van der Waals surface area contributed by atoms with Crippen molar-refractivity contribution in [2.24, 2.45) is 0 Å². The fourth-order valence-corrected chi connectivity index (χ4v) is 3.77. The summed E-state index contributed by atoms with van der Waals surface area (Å²) in [5.41, 5.74) is 2.45. The third-order valence-electron chi connectivity index (χ3n) is 4.47. The number of amides is 2. The first kappa shape index (κ1) is 17.0. The molecule has 0 bridgehead atoms. The number of carbonyl (C=O) groups is 1. The molecule has 0 aliphatic carbocycles. The number of nitrogens with one attached hydrogen (secondary N) is 2. The second-order valence-corrected chi connectivity index (χ2v) is 7.08. The van der Waals surface area contributed by atoms with Crippen LogP contribution in [0.4, 0.5) is 4.79 Å². The Morgan fingerprint density at radius 1 is 1.33 bits per heavy atom. The molecule has 2 N–H and O–H groups in total. The molecule has 0 spiro atoms. The van der Waals surface area contributed by atoms with Gasteiger partial charge in [0.15, 0.2) is 0 Å². The van der Waals surface area contributed by atoms with Gasteiger partial charge in [0.05, 0.1) is 6.10 Å². The zero-order chi connectivity index (χ0) is 16.8. The number of thiophene rings is 1. The van der Waals surface area contributed by atoms with E-state index in [0.29, 0.717) is 19.1 Å². The van der Waals surface area contributed by atoms with Crippen molar-refractivity contribution in [1.29, 1.82) is 0 Å². The van der Waals surface area contributed by atoms with Gasteiger partial charge < -0.3 is 15.4 Å². The van der Waals surface area contributed by atoms with Crippen molar-refractivity contribution in [3.63, 3.8) is 0 Å². The van der Waals surface area contributed by atoms with Crippen molar-refractivity contribution in [3.05, 3.63) is 58.3 Å². The van der Waals surface area contributed by atoms with Gasteiger partial charge in [-0.05, 0) is 46.7 Å². The van der Waals surface area contributed by atoms with Crippen LogP contribution in [0.1, 0.15) is 42.9 Å². The molecule has 1 aromatic heterocycles. The predicted molar refractivity (Wildman–Crippen MR) is 97.4 cm³/mol. The minimum absolute atomic E-state index is 0.0648. The number of rotatable bonds is 5. The van der Waals surface area contributed by atoms with E-state index in [4.69, 9.17) is 4.74 Å². The Kier molecular flexibility index (Phi) is 5.88. The van der Waals surface area contributed by atoms with Crippen LogP contribution in [-0.4, -0.2) is 25.2 Å². The lowest BCUT2D eigenvalue weighted by atomic mass is 9.97. The van der Waals surface area contributed by atoms with Crippen molar-refractivity contribution in [2.45, 2.75) is 37.8 Å². The monoisotopic (exact) mass is 344 g/mol. The first-order valence-electron chi connectivity index (χ1n) is 8.45. The minimum atomic E-state index is -0.0872. The lowest BCUT2D eigenvalue weighted by Gasteiger charge is -2.30. The van der Waals surface area contributed by atoms with Crippen LogP contribution in [0.15, 0.2) is 47.2 Å². The Morgan fingerprint density at radius 2 is 2.17 bits per heavy atom. The molecule has 1 fully saturated rings. The second-order valence-electron chi connectivity index (χ2n) is 6.30. The quantitative estimate of drug-likeness (QED) is 0.859. The van der Waals surface area contributed by atoms with E-state index in [1.165, 1.54) is 11.1 Å². The van der Waals surface area contributed by atoms with E-state index in [2.05, 4.69) is 46.5 Å². The van der Waals surface area contributed by atoms with Crippen molar-refractivity contribution in [1.82, 2.24) is 10.6 Å². The number of hydrogen-bond acceptors (Lipinski definition) is 3. The summed E-state index contributed by atoms with van der Waals surface area (Å²) in [6, 6.07) is 12.4. The fourth-order valence-electron chi connectivity index (χ4n) is 2.98. The molecule has 2 heterocycles. The molecule has 1 saturated heterocycles. The normalized spacial score (nSPS) is 21.9. The molecule has 3 rings (SSSR count). The van der Waals surface area contributed by atoms with Gasteiger partial charge in [0.2, 0.25) is 0 Å². The van der Waals surface area contributed by atoms with Crippen LogP contribution in [0, 0.1) is 0 Å². The molecule has 2 aromatic rings. The Morgan fingerprint density at radius 3 is 2.92 bits per heavy atom. The maximum atomic E-state index is 12.2. The zero-order valence-electron chi connectivity index (χ0n) is 13.9. The van der Waals surface area contributed by atoms with E-state index in [1.54, 1.807) is 11.3 Å². The van der Waals surface area contributed by atoms with Crippen molar-refractivity contribution >= 4 is 17.4 Å². The first-order chi connectivity index (χ1) is 11.7. The van der Waals surface area contributed by atoms with Crippen molar-refractivity contribution in [2.75, 3.05) is 13.2 Å². The number of benzene rings is 1. The fraction of sp³-hybridized carbons (Fsp3) is 0.421. The molecule has 3 unspecified atom stereocenters. The van der Waals surface area contributed by atoms with E-state index in [9.17, 15) is 4.79 Å². The van der Waals surface area contributed by atoms with Gasteiger partial charge in [-0.1, -0.05) is 37.3 Å². The number of carbonyl (C=O) groups excluding carboxylic acids is 1. The molecule has 2 amide bonds. The molecule has 1 aliphatic heterocycles. The van der Waals surface area contributed by atoms with Gasteiger partial charge >= 0.3 is 6.03 Å². The highest BCUT2D eigenvalue weighted by Crippen LogP contribution is 2.27. The van der Waals surface area contributed by atoms with Crippen LogP contribution < -0.4 is 10.6 Å². The number of hydrogen-bond donors (Lipinski definition) is 2. The van der Waals surface area contributed by atoms with Crippen LogP contribution in [0.2, 0.25) is 0 Å². The highest BCUT2D eigenvalue weighted by atomic mass is 32.1. The number of urea groups is 1. The molecular weight excluding hydrogens is 320 g/mol. The first-order valence-corrected chi connectivity index (χ1v) is 9.39. The summed E-state index contributed by atoms with van der Waals surface area (Å²) < 4.78 is 5.85. The summed E-state index contributed by atoms with van der Waals surface area (Å²) in [4.78, 5) is 12.2. The lowest BCUT2D eigenvalue weighted by molar-refractivity contribution is 0.00226. The minimum Gasteiger partial charge on any atom is -0.373 e. The van der Waals surface area contributed by atoms with Gasteiger partial charge in [0, 0.05) is 19.2 Å². The predicted octanol–water partition coefficient (Wildman–Crippen LogP) is 4.07. The summed E-state index contributed by atoms with van der Waals surface area (Å²) in [5, 5.41) is 10.3. The van der Waals surface area contributed by atoms with Crippen LogP contribution in [0.3, 0.4) is 0 Å². The topological polar surface area (TPSA) is 50.4 Å². The molecule has 128 valence electrons. The Bertz CT molecular complexity index is 630. The SMILES string of the molecule is CC(CNC(=O)NC1CCOC(c2ccccc2)C1)c1ccsc1. The largest absolute Gasteiger partial charge is 0.373 e.